The Morgan fingerprint density at radius 1 is 1.52 bits per heavy atom. The molecule has 0 aromatic carbocycles. The summed E-state index contributed by atoms with van der Waals surface area (Å²) < 4.78 is 5.13. The predicted molar refractivity (Wildman–Crippen MR) is 76.0 cm³/mol. The van der Waals surface area contributed by atoms with Crippen molar-refractivity contribution in [3.8, 4) is 10.6 Å². The van der Waals surface area contributed by atoms with E-state index in [9.17, 15) is 14.7 Å². The summed E-state index contributed by atoms with van der Waals surface area (Å²) in [7, 11) is 0. The molecule has 1 unspecified atom stereocenters. The first-order valence-electron chi connectivity index (χ1n) is 6.57. The molecule has 1 aliphatic carbocycles. The lowest BCUT2D eigenvalue weighted by molar-refractivity contribution is -0.144. The molecule has 0 radical (unpaired) electrons. The van der Waals surface area contributed by atoms with Crippen molar-refractivity contribution in [2.24, 2.45) is 5.92 Å². The standard InChI is InChI=1S/C14H14N2O4S/c1-14(13(18)19,8-4-5-8)15-12(17)9-7-10(20-16-9)11-3-2-6-21-11/h2-3,6-8H,4-5H2,1H3,(H,15,17)(H,18,19). The first kappa shape index (κ1) is 13.8. The van der Waals surface area contributed by atoms with Crippen molar-refractivity contribution in [1.82, 2.24) is 10.5 Å². The largest absolute Gasteiger partial charge is 0.480 e. The van der Waals surface area contributed by atoms with Crippen LogP contribution in [0.4, 0.5) is 0 Å². The van der Waals surface area contributed by atoms with Crippen LogP contribution in [0.5, 0.6) is 0 Å². The number of aromatic nitrogens is 1. The van der Waals surface area contributed by atoms with E-state index in [0.29, 0.717) is 5.76 Å². The summed E-state index contributed by atoms with van der Waals surface area (Å²) in [6, 6.07) is 5.26. The summed E-state index contributed by atoms with van der Waals surface area (Å²) in [5.74, 6) is -1.08. The number of aliphatic carboxylic acids is 1. The molecule has 6 nitrogen and oxygen atoms in total. The topological polar surface area (TPSA) is 92.4 Å². The number of carbonyl (C=O) groups excluding carboxylic acids is 1. The Balaban J connectivity index is 1.78. The number of thiophene rings is 1. The van der Waals surface area contributed by atoms with Gasteiger partial charge in [-0.15, -0.1) is 11.3 Å². The average Bonchev–Trinajstić information content (AvgIpc) is 2.97. The number of hydrogen-bond donors (Lipinski definition) is 2. The van der Waals surface area contributed by atoms with Crippen LogP contribution in [-0.2, 0) is 4.79 Å². The van der Waals surface area contributed by atoms with Crippen LogP contribution < -0.4 is 5.32 Å². The maximum Gasteiger partial charge on any atom is 0.329 e. The quantitative estimate of drug-likeness (QED) is 0.884. The molecule has 21 heavy (non-hydrogen) atoms. The van der Waals surface area contributed by atoms with Crippen LogP contribution in [-0.4, -0.2) is 27.7 Å². The van der Waals surface area contributed by atoms with Crippen molar-refractivity contribution in [2.75, 3.05) is 0 Å². The normalized spacial score (nSPS) is 17.2. The van der Waals surface area contributed by atoms with Crippen LogP contribution in [0.25, 0.3) is 10.6 Å². The van der Waals surface area contributed by atoms with Gasteiger partial charge in [0.05, 0.1) is 4.88 Å². The van der Waals surface area contributed by atoms with E-state index in [-0.39, 0.29) is 11.6 Å². The monoisotopic (exact) mass is 306 g/mol. The molecular weight excluding hydrogens is 292 g/mol. The van der Waals surface area contributed by atoms with E-state index < -0.39 is 17.4 Å². The number of carbonyl (C=O) groups is 2. The fourth-order valence-electron chi connectivity index (χ4n) is 2.21. The number of nitrogens with zero attached hydrogens (tertiary/aromatic N) is 1. The molecule has 110 valence electrons. The maximum absolute atomic E-state index is 12.2. The van der Waals surface area contributed by atoms with E-state index in [1.54, 1.807) is 0 Å². The van der Waals surface area contributed by atoms with Crippen molar-refractivity contribution in [3.05, 3.63) is 29.3 Å². The van der Waals surface area contributed by atoms with Crippen molar-refractivity contribution in [1.29, 1.82) is 0 Å². The summed E-state index contributed by atoms with van der Waals surface area (Å²) >= 11 is 1.47. The third-order valence-corrected chi connectivity index (χ3v) is 4.60. The molecule has 1 amide bonds. The fraction of sp³-hybridized carbons (Fsp3) is 0.357. The highest BCUT2D eigenvalue weighted by molar-refractivity contribution is 7.13. The van der Waals surface area contributed by atoms with Gasteiger partial charge in [0.15, 0.2) is 11.5 Å². The molecule has 0 saturated heterocycles. The highest BCUT2D eigenvalue weighted by Gasteiger charge is 2.48. The molecule has 1 aliphatic rings. The van der Waals surface area contributed by atoms with Crippen molar-refractivity contribution in [2.45, 2.75) is 25.3 Å². The Morgan fingerprint density at radius 3 is 2.86 bits per heavy atom. The van der Waals surface area contributed by atoms with E-state index >= 15 is 0 Å². The number of rotatable bonds is 5. The van der Waals surface area contributed by atoms with Crippen molar-refractivity contribution in [3.63, 3.8) is 0 Å². The Hall–Kier alpha value is -2.15. The second-order valence-corrected chi connectivity index (χ2v) is 6.24. The zero-order chi connectivity index (χ0) is 15.0. The highest BCUT2D eigenvalue weighted by atomic mass is 32.1. The molecule has 2 N–H and O–H groups in total. The van der Waals surface area contributed by atoms with Gasteiger partial charge in [0.1, 0.15) is 5.54 Å². The summed E-state index contributed by atoms with van der Waals surface area (Å²) in [5, 5.41) is 17.5. The smallest absolute Gasteiger partial charge is 0.329 e. The van der Waals surface area contributed by atoms with Crippen LogP contribution in [0.15, 0.2) is 28.1 Å². The van der Waals surface area contributed by atoms with Gasteiger partial charge < -0.3 is 14.9 Å². The van der Waals surface area contributed by atoms with E-state index in [1.165, 1.54) is 24.3 Å². The second kappa shape index (κ2) is 5.00. The van der Waals surface area contributed by atoms with Crippen LogP contribution >= 0.6 is 11.3 Å². The van der Waals surface area contributed by atoms with Gasteiger partial charge in [-0.25, -0.2) is 4.79 Å². The molecule has 7 heteroatoms. The van der Waals surface area contributed by atoms with Gasteiger partial charge in [0.2, 0.25) is 0 Å². The minimum atomic E-state index is -1.25. The van der Waals surface area contributed by atoms with E-state index in [2.05, 4.69) is 10.5 Å². The number of carboxylic acids is 1. The fourth-order valence-corrected chi connectivity index (χ4v) is 2.88. The van der Waals surface area contributed by atoms with E-state index in [4.69, 9.17) is 4.52 Å². The Kier molecular flexibility index (Phi) is 3.29. The predicted octanol–water partition coefficient (Wildman–Crippen LogP) is 2.39. The first-order chi connectivity index (χ1) is 10.0. The van der Waals surface area contributed by atoms with E-state index in [0.717, 1.165) is 17.7 Å². The molecule has 0 spiro atoms. The molecular formula is C14H14N2O4S. The number of carboxylic acid groups (broad SMARTS) is 1. The van der Waals surface area contributed by atoms with Gasteiger partial charge >= 0.3 is 5.97 Å². The lowest BCUT2D eigenvalue weighted by atomic mass is 9.96. The lowest BCUT2D eigenvalue weighted by Crippen LogP contribution is -2.54. The Labute approximate surface area is 124 Å². The maximum atomic E-state index is 12.2. The van der Waals surface area contributed by atoms with Gasteiger partial charge in [0.25, 0.3) is 5.91 Å². The van der Waals surface area contributed by atoms with Gasteiger partial charge in [-0.05, 0) is 37.1 Å². The van der Waals surface area contributed by atoms with Gasteiger partial charge in [-0.2, -0.15) is 0 Å². The zero-order valence-corrected chi connectivity index (χ0v) is 12.1. The van der Waals surface area contributed by atoms with Crippen molar-refractivity contribution < 1.29 is 19.2 Å². The number of nitrogens with one attached hydrogen (secondary N) is 1. The molecule has 1 saturated carbocycles. The molecule has 1 atom stereocenters. The second-order valence-electron chi connectivity index (χ2n) is 5.29. The summed E-state index contributed by atoms with van der Waals surface area (Å²) in [5.41, 5.74) is -1.16. The number of amides is 1. The molecule has 0 bridgehead atoms. The van der Waals surface area contributed by atoms with Gasteiger partial charge in [0, 0.05) is 6.07 Å². The zero-order valence-electron chi connectivity index (χ0n) is 11.3. The summed E-state index contributed by atoms with van der Waals surface area (Å²) in [6.07, 6.45) is 1.62. The Morgan fingerprint density at radius 2 is 2.29 bits per heavy atom. The average molecular weight is 306 g/mol. The number of hydrogen-bond acceptors (Lipinski definition) is 5. The summed E-state index contributed by atoms with van der Waals surface area (Å²) in [6.45, 7) is 1.53. The first-order valence-corrected chi connectivity index (χ1v) is 7.45. The highest BCUT2D eigenvalue weighted by Crippen LogP contribution is 2.40. The van der Waals surface area contributed by atoms with Crippen LogP contribution in [0.2, 0.25) is 0 Å². The van der Waals surface area contributed by atoms with Crippen LogP contribution in [0.3, 0.4) is 0 Å². The van der Waals surface area contributed by atoms with Gasteiger partial charge in [-0.3, -0.25) is 4.79 Å². The van der Waals surface area contributed by atoms with E-state index in [1.807, 2.05) is 17.5 Å². The minimum Gasteiger partial charge on any atom is -0.480 e. The van der Waals surface area contributed by atoms with Crippen LogP contribution in [0.1, 0.15) is 30.3 Å². The van der Waals surface area contributed by atoms with Gasteiger partial charge in [-0.1, -0.05) is 11.2 Å². The molecule has 2 heterocycles. The lowest BCUT2D eigenvalue weighted by Gasteiger charge is -2.25. The third kappa shape index (κ3) is 2.56. The molecule has 3 rings (SSSR count). The summed E-state index contributed by atoms with van der Waals surface area (Å²) in [4.78, 5) is 24.5. The van der Waals surface area contributed by atoms with Crippen LogP contribution in [0, 0.1) is 5.92 Å². The molecule has 2 aromatic heterocycles. The molecule has 1 fully saturated rings. The molecule has 2 aromatic rings. The van der Waals surface area contributed by atoms with Crippen molar-refractivity contribution >= 4 is 23.2 Å². The minimum absolute atomic E-state index is 0.0254. The third-order valence-electron chi connectivity index (χ3n) is 3.72. The SMILES string of the molecule is CC(NC(=O)c1cc(-c2cccs2)on1)(C(=O)O)C1CC1. The molecule has 0 aliphatic heterocycles. The Bertz CT molecular complexity index is 675.